The summed E-state index contributed by atoms with van der Waals surface area (Å²) in [7, 11) is 0. The van der Waals surface area contributed by atoms with Gasteiger partial charge in [0.1, 0.15) is 17.7 Å². The summed E-state index contributed by atoms with van der Waals surface area (Å²) >= 11 is 0. The molecule has 37 heavy (non-hydrogen) atoms. The van der Waals surface area contributed by atoms with E-state index in [1.54, 1.807) is 6.20 Å². The quantitative estimate of drug-likeness (QED) is 0.459. The lowest BCUT2D eigenvalue weighted by Gasteiger charge is -2.29. The van der Waals surface area contributed by atoms with Crippen LogP contribution >= 0.6 is 0 Å². The van der Waals surface area contributed by atoms with E-state index in [-0.39, 0.29) is 12.2 Å². The van der Waals surface area contributed by atoms with Crippen LogP contribution in [0.4, 0.5) is 5.82 Å². The predicted molar refractivity (Wildman–Crippen MR) is 140 cm³/mol. The predicted octanol–water partition coefficient (Wildman–Crippen LogP) is 4.02. The van der Waals surface area contributed by atoms with Crippen LogP contribution in [-0.2, 0) is 27.1 Å². The van der Waals surface area contributed by atoms with Crippen LogP contribution in [0.2, 0.25) is 0 Å². The van der Waals surface area contributed by atoms with Crippen molar-refractivity contribution in [3.8, 4) is 0 Å². The Hall–Kier alpha value is -2.62. The SMILES string of the molecule is Cc1ncc([C@@H](C(=O)O)N2CC[C@@H](OCCCCc3ccc4c(n3)NCCC4)C2)c(C2CCCCO2)n1. The van der Waals surface area contributed by atoms with Gasteiger partial charge in [-0.15, -0.1) is 0 Å². The van der Waals surface area contributed by atoms with Crippen molar-refractivity contribution in [1.82, 2.24) is 19.9 Å². The minimum absolute atomic E-state index is 0.0358. The summed E-state index contributed by atoms with van der Waals surface area (Å²) < 4.78 is 12.1. The zero-order chi connectivity index (χ0) is 25.6. The van der Waals surface area contributed by atoms with Gasteiger partial charge in [0.2, 0.25) is 0 Å². The lowest BCUT2D eigenvalue weighted by Crippen LogP contribution is -2.35. The number of carboxylic acid groups (broad SMARTS) is 1. The van der Waals surface area contributed by atoms with Gasteiger partial charge in [-0.25, -0.2) is 15.0 Å². The van der Waals surface area contributed by atoms with E-state index in [0.29, 0.717) is 37.7 Å². The van der Waals surface area contributed by atoms with E-state index in [0.717, 1.165) is 75.1 Å². The average Bonchev–Trinajstić information content (AvgIpc) is 3.38. The Morgan fingerprint density at radius 2 is 2.16 bits per heavy atom. The highest BCUT2D eigenvalue weighted by Gasteiger charge is 2.37. The molecule has 0 saturated carbocycles. The van der Waals surface area contributed by atoms with Crippen molar-refractivity contribution in [3.63, 3.8) is 0 Å². The third-order valence-corrected chi connectivity index (χ3v) is 7.66. The molecule has 2 aromatic rings. The summed E-state index contributed by atoms with van der Waals surface area (Å²) in [5.74, 6) is 0.815. The molecule has 9 nitrogen and oxygen atoms in total. The van der Waals surface area contributed by atoms with Crippen molar-refractivity contribution < 1.29 is 19.4 Å². The fourth-order valence-electron chi connectivity index (χ4n) is 5.70. The number of likely N-dealkylation sites (tertiary alicyclic amines) is 1. The number of nitrogens with one attached hydrogen (secondary N) is 1. The van der Waals surface area contributed by atoms with Gasteiger partial charge in [0.15, 0.2) is 0 Å². The van der Waals surface area contributed by atoms with Gasteiger partial charge in [0.05, 0.1) is 17.9 Å². The molecule has 2 N–H and O–H groups in total. The summed E-state index contributed by atoms with van der Waals surface area (Å²) in [5.41, 5.74) is 3.83. The molecule has 3 atom stereocenters. The van der Waals surface area contributed by atoms with Gasteiger partial charge in [0, 0.05) is 50.3 Å². The van der Waals surface area contributed by atoms with Gasteiger partial charge in [-0.3, -0.25) is 9.69 Å². The van der Waals surface area contributed by atoms with Crippen LogP contribution in [0.15, 0.2) is 18.3 Å². The molecule has 2 fully saturated rings. The van der Waals surface area contributed by atoms with Crippen LogP contribution in [0.25, 0.3) is 0 Å². The number of anilines is 1. The molecule has 0 aliphatic carbocycles. The first-order chi connectivity index (χ1) is 18.1. The first-order valence-electron chi connectivity index (χ1n) is 13.8. The normalized spacial score (nSPS) is 22.8. The third-order valence-electron chi connectivity index (χ3n) is 7.66. The van der Waals surface area contributed by atoms with Crippen molar-refractivity contribution in [3.05, 3.63) is 46.7 Å². The number of fused-ring (bicyclic) bond motifs is 1. The van der Waals surface area contributed by atoms with Gasteiger partial charge in [-0.2, -0.15) is 0 Å². The number of nitrogens with zero attached hydrogens (tertiary/aromatic N) is 4. The van der Waals surface area contributed by atoms with Crippen LogP contribution in [-0.4, -0.2) is 69.9 Å². The summed E-state index contributed by atoms with van der Waals surface area (Å²) in [6.45, 7) is 5.47. The Balaban J connectivity index is 1.13. The highest BCUT2D eigenvalue weighted by molar-refractivity contribution is 5.76. The summed E-state index contributed by atoms with van der Waals surface area (Å²) in [6, 6.07) is 3.56. The highest BCUT2D eigenvalue weighted by Crippen LogP contribution is 2.35. The molecule has 5 heterocycles. The molecule has 2 aromatic heterocycles. The molecule has 0 amide bonds. The fourth-order valence-corrected chi connectivity index (χ4v) is 5.70. The number of carbonyl (C=O) groups is 1. The number of ether oxygens (including phenoxy) is 2. The Labute approximate surface area is 219 Å². The van der Waals surface area contributed by atoms with Crippen LogP contribution < -0.4 is 5.32 Å². The average molecular weight is 510 g/mol. The van der Waals surface area contributed by atoms with E-state index in [1.807, 2.05) is 11.8 Å². The van der Waals surface area contributed by atoms with Crippen molar-refractivity contribution in [2.45, 2.75) is 83.0 Å². The van der Waals surface area contributed by atoms with Crippen molar-refractivity contribution in [1.29, 1.82) is 0 Å². The molecule has 0 aromatic carbocycles. The second-order valence-corrected chi connectivity index (χ2v) is 10.4. The first-order valence-corrected chi connectivity index (χ1v) is 13.8. The minimum Gasteiger partial charge on any atom is -0.480 e. The molecule has 2 saturated heterocycles. The Morgan fingerprint density at radius 3 is 3.00 bits per heavy atom. The largest absolute Gasteiger partial charge is 0.480 e. The van der Waals surface area contributed by atoms with Crippen LogP contribution in [0.3, 0.4) is 0 Å². The number of hydrogen-bond donors (Lipinski definition) is 2. The lowest BCUT2D eigenvalue weighted by molar-refractivity contribution is -0.143. The van der Waals surface area contributed by atoms with E-state index in [9.17, 15) is 9.90 Å². The zero-order valence-corrected chi connectivity index (χ0v) is 21.8. The number of aryl methyl sites for hydroxylation is 3. The number of aliphatic carboxylic acids is 1. The van der Waals surface area contributed by atoms with Crippen molar-refractivity contribution >= 4 is 11.8 Å². The van der Waals surface area contributed by atoms with Crippen molar-refractivity contribution in [2.75, 3.05) is 38.2 Å². The Morgan fingerprint density at radius 1 is 1.24 bits per heavy atom. The van der Waals surface area contributed by atoms with E-state index in [2.05, 4.69) is 27.4 Å². The van der Waals surface area contributed by atoms with Crippen molar-refractivity contribution in [2.24, 2.45) is 0 Å². The highest BCUT2D eigenvalue weighted by atomic mass is 16.5. The molecule has 3 aliphatic rings. The number of unbranched alkanes of at least 4 members (excludes halogenated alkanes) is 1. The fraction of sp³-hybridized carbons (Fsp3) is 0.643. The molecule has 0 bridgehead atoms. The molecule has 0 spiro atoms. The summed E-state index contributed by atoms with van der Waals surface area (Å²) in [4.78, 5) is 28.2. The Bertz CT molecular complexity index is 1070. The lowest BCUT2D eigenvalue weighted by atomic mass is 9.98. The molecule has 200 valence electrons. The van der Waals surface area contributed by atoms with E-state index < -0.39 is 12.0 Å². The summed E-state index contributed by atoms with van der Waals surface area (Å²) in [6.07, 6.45) is 10.5. The number of aromatic nitrogens is 3. The third kappa shape index (κ3) is 6.45. The van der Waals surface area contributed by atoms with Gasteiger partial charge < -0.3 is 19.9 Å². The minimum atomic E-state index is -0.878. The zero-order valence-electron chi connectivity index (χ0n) is 21.8. The van der Waals surface area contributed by atoms with Crippen LogP contribution in [0.5, 0.6) is 0 Å². The maximum absolute atomic E-state index is 12.4. The first kappa shape index (κ1) is 26.0. The standard InChI is InChI=1S/C28H39N5O4/c1-19-30-17-23(25(31-19)24-9-3-5-16-37-24)26(28(34)35)33-14-12-22(18-33)36-15-4-2-8-21-11-10-20-7-6-13-29-27(20)32-21/h10-11,17,22,24,26H,2-9,12-16,18H2,1H3,(H,29,32)(H,34,35)/t22-,24?,26+/m1/s1. The van der Waals surface area contributed by atoms with E-state index >= 15 is 0 Å². The maximum Gasteiger partial charge on any atom is 0.325 e. The second kappa shape index (κ2) is 12.3. The maximum atomic E-state index is 12.4. The molecule has 5 rings (SSSR count). The van der Waals surface area contributed by atoms with E-state index in [4.69, 9.17) is 14.5 Å². The van der Waals surface area contributed by atoms with Crippen LogP contribution in [0.1, 0.15) is 85.4 Å². The molecular formula is C28H39N5O4. The van der Waals surface area contributed by atoms with Gasteiger partial charge in [-0.05, 0) is 76.3 Å². The topological polar surface area (TPSA) is 110 Å². The van der Waals surface area contributed by atoms with Gasteiger partial charge >= 0.3 is 5.97 Å². The molecule has 3 aliphatic heterocycles. The molecule has 0 radical (unpaired) electrons. The van der Waals surface area contributed by atoms with E-state index in [1.165, 1.54) is 12.0 Å². The number of rotatable bonds is 10. The molecular weight excluding hydrogens is 470 g/mol. The number of carboxylic acids is 1. The van der Waals surface area contributed by atoms with Crippen LogP contribution in [0, 0.1) is 6.92 Å². The number of hydrogen-bond acceptors (Lipinski definition) is 8. The number of pyridine rings is 1. The molecule has 9 heteroatoms. The summed E-state index contributed by atoms with van der Waals surface area (Å²) in [5, 5.41) is 13.6. The second-order valence-electron chi connectivity index (χ2n) is 10.4. The Kier molecular flexibility index (Phi) is 8.63. The monoisotopic (exact) mass is 509 g/mol. The van der Waals surface area contributed by atoms with Gasteiger partial charge in [0.25, 0.3) is 0 Å². The smallest absolute Gasteiger partial charge is 0.325 e. The van der Waals surface area contributed by atoms with Gasteiger partial charge in [-0.1, -0.05) is 6.07 Å². The molecule has 1 unspecified atom stereocenters.